The molecule has 0 spiro atoms. The van der Waals surface area contributed by atoms with E-state index in [1.54, 1.807) is 43.5 Å². The maximum Gasteiger partial charge on any atom is 0.295 e. The van der Waals surface area contributed by atoms with Gasteiger partial charge in [-0.15, -0.1) is 0 Å². The third kappa shape index (κ3) is 4.25. The van der Waals surface area contributed by atoms with Crippen LogP contribution in [0.1, 0.15) is 10.6 Å². The first kappa shape index (κ1) is 18.6. The van der Waals surface area contributed by atoms with Gasteiger partial charge in [0, 0.05) is 28.3 Å². The number of amides is 1. The van der Waals surface area contributed by atoms with Gasteiger partial charge in [0.15, 0.2) is 0 Å². The lowest BCUT2D eigenvalue weighted by Crippen LogP contribution is -2.12. The van der Waals surface area contributed by atoms with Crippen LogP contribution < -0.4 is 10.1 Å². The minimum Gasteiger partial charge on any atom is -0.497 e. The van der Waals surface area contributed by atoms with Crippen molar-refractivity contribution >= 4 is 23.3 Å². The molecular formula is C21H15ClN4O3. The highest BCUT2D eigenvalue weighted by molar-refractivity contribution is 6.30. The van der Waals surface area contributed by atoms with Gasteiger partial charge in [0.05, 0.1) is 12.8 Å². The lowest BCUT2D eigenvalue weighted by molar-refractivity contribution is 0.0987. The Morgan fingerprint density at radius 2 is 1.66 bits per heavy atom. The molecule has 4 rings (SSSR count). The van der Waals surface area contributed by atoms with Crippen molar-refractivity contribution in [1.82, 2.24) is 15.1 Å². The first-order valence-electron chi connectivity index (χ1n) is 8.63. The van der Waals surface area contributed by atoms with E-state index in [2.05, 4.69) is 20.4 Å². The van der Waals surface area contributed by atoms with Crippen LogP contribution in [0.15, 0.2) is 71.5 Å². The average Bonchev–Trinajstić information content (AvgIpc) is 3.25. The monoisotopic (exact) mass is 406 g/mol. The number of benzene rings is 2. The number of aromatic nitrogens is 3. The molecule has 0 aliphatic carbocycles. The van der Waals surface area contributed by atoms with E-state index in [9.17, 15) is 4.79 Å². The Kier molecular flexibility index (Phi) is 5.22. The highest BCUT2D eigenvalue weighted by atomic mass is 35.5. The number of carbonyl (C=O) groups is 1. The zero-order valence-corrected chi connectivity index (χ0v) is 16.1. The smallest absolute Gasteiger partial charge is 0.295 e. The minimum atomic E-state index is -0.461. The first-order chi connectivity index (χ1) is 14.1. The van der Waals surface area contributed by atoms with Gasteiger partial charge in [-0.3, -0.25) is 4.79 Å². The van der Waals surface area contributed by atoms with Gasteiger partial charge >= 0.3 is 0 Å². The molecule has 2 aromatic carbocycles. The molecule has 8 heteroatoms. The molecule has 0 bridgehead atoms. The zero-order chi connectivity index (χ0) is 20.2. The Morgan fingerprint density at radius 1 is 0.966 bits per heavy atom. The highest BCUT2D eigenvalue weighted by Crippen LogP contribution is 2.23. The van der Waals surface area contributed by atoms with Crippen molar-refractivity contribution in [1.29, 1.82) is 0 Å². The largest absolute Gasteiger partial charge is 0.497 e. The standard InChI is InChI=1S/C21H15ClN4O3/c1-28-16-8-4-13(5-9-16)17-11-20(24-12-23-17)25-21(27)19-10-18(26-29-19)14-2-6-15(22)7-3-14/h2-12H,1H3,(H,23,24,25,27). The molecule has 29 heavy (non-hydrogen) atoms. The third-order valence-corrected chi connectivity index (χ3v) is 4.42. The predicted molar refractivity (Wildman–Crippen MR) is 109 cm³/mol. The van der Waals surface area contributed by atoms with Crippen LogP contribution in [0.5, 0.6) is 5.75 Å². The predicted octanol–water partition coefficient (Wildman–Crippen LogP) is 4.71. The molecular weight excluding hydrogens is 392 g/mol. The maximum absolute atomic E-state index is 12.5. The summed E-state index contributed by atoms with van der Waals surface area (Å²) in [5.41, 5.74) is 2.86. The number of nitrogens with zero attached hydrogens (tertiary/aromatic N) is 3. The lowest BCUT2D eigenvalue weighted by Gasteiger charge is -2.05. The van der Waals surface area contributed by atoms with Gasteiger partial charge in [0.25, 0.3) is 5.91 Å². The summed E-state index contributed by atoms with van der Waals surface area (Å²) >= 11 is 5.89. The normalized spacial score (nSPS) is 10.6. The second kappa shape index (κ2) is 8.12. The Bertz CT molecular complexity index is 1140. The molecule has 1 amide bonds. The number of carbonyl (C=O) groups excluding carboxylic acids is 1. The molecule has 0 aliphatic rings. The molecule has 2 aromatic heterocycles. The number of hydrogen-bond donors (Lipinski definition) is 1. The van der Waals surface area contributed by atoms with Crippen molar-refractivity contribution in [3.05, 3.63) is 77.8 Å². The van der Waals surface area contributed by atoms with Crippen LogP contribution in [0, 0.1) is 0 Å². The molecule has 0 radical (unpaired) electrons. The van der Waals surface area contributed by atoms with Crippen LogP contribution in [0.3, 0.4) is 0 Å². The van der Waals surface area contributed by atoms with E-state index in [1.165, 1.54) is 6.33 Å². The van der Waals surface area contributed by atoms with Crippen LogP contribution in [0.25, 0.3) is 22.5 Å². The molecule has 1 N–H and O–H groups in total. The third-order valence-electron chi connectivity index (χ3n) is 4.17. The Hall–Kier alpha value is -3.71. The summed E-state index contributed by atoms with van der Waals surface area (Å²) in [6.07, 6.45) is 1.38. The van der Waals surface area contributed by atoms with Crippen molar-refractivity contribution in [3.63, 3.8) is 0 Å². The van der Waals surface area contributed by atoms with Crippen LogP contribution >= 0.6 is 11.6 Å². The van der Waals surface area contributed by atoms with Gasteiger partial charge in [-0.25, -0.2) is 9.97 Å². The number of rotatable bonds is 5. The van der Waals surface area contributed by atoms with Crippen molar-refractivity contribution < 1.29 is 14.1 Å². The molecule has 0 atom stereocenters. The summed E-state index contributed by atoms with van der Waals surface area (Å²) in [5, 5.41) is 7.25. The van der Waals surface area contributed by atoms with Crippen LogP contribution in [-0.4, -0.2) is 28.1 Å². The Balaban J connectivity index is 1.50. The van der Waals surface area contributed by atoms with Gasteiger partial charge in [-0.05, 0) is 36.4 Å². The van der Waals surface area contributed by atoms with Crippen LogP contribution in [-0.2, 0) is 0 Å². The van der Waals surface area contributed by atoms with Gasteiger partial charge in [0.2, 0.25) is 5.76 Å². The van der Waals surface area contributed by atoms with Crippen molar-refractivity contribution in [2.24, 2.45) is 0 Å². The minimum absolute atomic E-state index is 0.0690. The van der Waals surface area contributed by atoms with E-state index >= 15 is 0 Å². The van der Waals surface area contributed by atoms with Gasteiger partial charge in [-0.1, -0.05) is 28.9 Å². The van der Waals surface area contributed by atoms with Crippen molar-refractivity contribution in [2.75, 3.05) is 12.4 Å². The van der Waals surface area contributed by atoms with E-state index in [4.69, 9.17) is 20.9 Å². The van der Waals surface area contributed by atoms with E-state index in [0.717, 1.165) is 16.9 Å². The fourth-order valence-electron chi connectivity index (χ4n) is 2.66. The molecule has 0 aliphatic heterocycles. The topological polar surface area (TPSA) is 90.1 Å². The maximum atomic E-state index is 12.5. The fraction of sp³-hybridized carbons (Fsp3) is 0.0476. The summed E-state index contributed by atoms with van der Waals surface area (Å²) in [6.45, 7) is 0. The van der Waals surface area contributed by atoms with Crippen LogP contribution in [0.4, 0.5) is 5.82 Å². The number of nitrogens with one attached hydrogen (secondary N) is 1. The number of hydrogen-bond acceptors (Lipinski definition) is 6. The molecule has 0 unspecified atom stereocenters. The van der Waals surface area contributed by atoms with E-state index in [-0.39, 0.29) is 5.76 Å². The summed E-state index contributed by atoms with van der Waals surface area (Å²) in [5.74, 6) is 0.704. The summed E-state index contributed by atoms with van der Waals surface area (Å²) in [4.78, 5) is 20.8. The average molecular weight is 407 g/mol. The van der Waals surface area contributed by atoms with Gasteiger partial charge in [-0.2, -0.15) is 0 Å². The highest BCUT2D eigenvalue weighted by Gasteiger charge is 2.15. The van der Waals surface area contributed by atoms with Crippen molar-refractivity contribution in [3.8, 4) is 28.3 Å². The SMILES string of the molecule is COc1ccc(-c2cc(NC(=O)c3cc(-c4ccc(Cl)cc4)no3)ncn2)cc1. The molecule has 0 saturated carbocycles. The Morgan fingerprint density at radius 3 is 2.38 bits per heavy atom. The molecule has 0 saturated heterocycles. The van der Waals surface area contributed by atoms with Gasteiger partial charge in [0.1, 0.15) is 23.6 Å². The number of ether oxygens (including phenoxy) is 1. The first-order valence-corrected chi connectivity index (χ1v) is 9.00. The second-order valence-electron chi connectivity index (χ2n) is 6.05. The zero-order valence-electron chi connectivity index (χ0n) is 15.3. The van der Waals surface area contributed by atoms with Gasteiger partial charge < -0.3 is 14.6 Å². The summed E-state index contributed by atoms with van der Waals surface area (Å²) < 4.78 is 10.3. The van der Waals surface area contributed by atoms with Crippen molar-refractivity contribution in [2.45, 2.75) is 0 Å². The molecule has 2 heterocycles. The molecule has 7 nitrogen and oxygen atoms in total. The molecule has 0 fully saturated rings. The van der Waals surface area contributed by atoms with E-state index in [0.29, 0.717) is 22.2 Å². The van der Waals surface area contributed by atoms with Crippen LogP contribution in [0.2, 0.25) is 5.02 Å². The van der Waals surface area contributed by atoms with E-state index in [1.807, 2.05) is 24.3 Å². The number of anilines is 1. The number of halogens is 1. The number of methoxy groups -OCH3 is 1. The fourth-order valence-corrected chi connectivity index (χ4v) is 2.79. The Labute approximate surface area is 171 Å². The quantitative estimate of drug-likeness (QED) is 0.516. The summed E-state index contributed by atoms with van der Waals surface area (Å²) in [7, 11) is 1.61. The lowest BCUT2D eigenvalue weighted by atomic mass is 10.1. The molecule has 4 aromatic rings. The summed E-state index contributed by atoms with van der Waals surface area (Å²) in [6, 6.07) is 17.7. The van der Waals surface area contributed by atoms with E-state index < -0.39 is 5.91 Å². The molecule has 144 valence electrons. The second-order valence-corrected chi connectivity index (χ2v) is 6.49.